The van der Waals surface area contributed by atoms with Crippen LogP contribution in [0.1, 0.15) is 28.7 Å². The Labute approximate surface area is 118 Å². The molecule has 0 saturated carbocycles. The lowest BCUT2D eigenvalue weighted by atomic mass is 10.3. The average Bonchev–Trinajstić information content (AvgIpc) is 2.79. The Kier molecular flexibility index (Phi) is 6.21. The minimum Gasteiger partial charge on any atom is -0.462 e. The summed E-state index contributed by atoms with van der Waals surface area (Å²) in [5.74, 6) is -1.01. The monoisotopic (exact) mass is 312 g/mol. The summed E-state index contributed by atoms with van der Waals surface area (Å²) in [5, 5.41) is 2.77. The zero-order chi connectivity index (χ0) is 15.2. The maximum absolute atomic E-state index is 12.8. The minimum absolute atomic E-state index is 0.00459. The van der Waals surface area contributed by atoms with E-state index in [0.29, 0.717) is 30.9 Å². The average molecular weight is 312 g/mol. The zero-order valence-electron chi connectivity index (χ0n) is 11.0. The number of anilines is 1. The van der Waals surface area contributed by atoms with Gasteiger partial charge in [0.2, 0.25) is 0 Å². The Hall–Kier alpha value is -1.35. The molecular formula is C11H15F3N2O3S. The van der Waals surface area contributed by atoms with Crippen LogP contribution in [0.3, 0.4) is 0 Å². The second-order valence-corrected chi connectivity index (χ2v) is 4.69. The molecule has 0 atom stereocenters. The molecule has 9 heteroatoms. The second kappa shape index (κ2) is 7.44. The summed E-state index contributed by atoms with van der Waals surface area (Å²) in [5.41, 5.74) is -1.21. The number of halogens is 3. The molecule has 0 saturated heterocycles. The van der Waals surface area contributed by atoms with E-state index in [-0.39, 0.29) is 11.7 Å². The van der Waals surface area contributed by atoms with E-state index < -0.39 is 22.7 Å². The molecule has 0 aliphatic heterocycles. The first kappa shape index (κ1) is 16.7. The van der Waals surface area contributed by atoms with Crippen LogP contribution in [0.4, 0.5) is 18.3 Å². The number of nitrogens with one attached hydrogen (secondary N) is 1. The van der Waals surface area contributed by atoms with Crippen molar-refractivity contribution < 1.29 is 27.4 Å². The summed E-state index contributed by atoms with van der Waals surface area (Å²) >= 11 is 0.635. The summed E-state index contributed by atoms with van der Waals surface area (Å²) in [6.45, 7) is 2.41. The number of thiazole rings is 1. The van der Waals surface area contributed by atoms with Crippen LogP contribution in [-0.4, -0.2) is 37.8 Å². The molecule has 114 valence electrons. The van der Waals surface area contributed by atoms with Crippen LogP contribution in [0.25, 0.3) is 0 Å². The molecule has 0 unspecified atom stereocenters. The fourth-order valence-corrected chi connectivity index (χ4v) is 2.24. The van der Waals surface area contributed by atoms with E-state index in [2.05, 4.69) is 15.0 Å². The van der Waals surface area contributed by atoms with Crippen molar-refractivity contribution >= 4 is 22.4 Å². The van der Waals surface area contributed by atoms with Crippen molar-refractivity contribution in [3.63, 3.8) is 0 Å². The van der Waals surface area contributed by atoms with Crippen molar-refractivity contribution in [2.75, 3.05) is 32.2 Å². The van der Waals surface area contributed by atoms with Gasteiger partial charge in [-0.05, 0) is 13.3 Å². The Morgan fingerprint density at radius 3 is 2.70 bits per heavy atom. The molecule has 0 bridgehead atoms. The maximum Gasteiger partial charge on any atom is 0.435 e. The van der Waals surface area contributed by atoms with Crippen LogP contribution in [0.5, 0.6) is 0 Å². The molecule has 1 aromatic heterocycles. The molecule has 0 aliphatic rings. The topological polar surface area (TPSA) is 60.5 Å². The smallest absolute Gasteiger partial charge is 0.435 e. The summed E-state index contributed by atoms with van der Waals surface area (Å²) in [4.78, 5) is 14.4. The largest absolute Gasteiger partial charge is 0.462 e. The second-order valence-electron chi connectivity index (χ2n) is 3.69. The molecule has 1 heterocycles. The van der Waals surface area contributed by atoms with Gasteiger partial charge in [-0.2, -0.15) is 13.2 Å². The van der Waals surface area contributed by atoms with Crippen molar-refractivity contribution in [2.24, 2.45) is 0 Å². The molecule has 1 N–H and O–H groups in total. The maximum atomic E-state index is 12.8. The Bertz CT molecular complexity index is 449. The number of alkyl halides is 3. The van der Waals surface area contributed by atoms with Gasteiger partial charge >= 0.3 is 12.1 Å². The Morgan fingerprint density at radius 2 is 2.15 bits per heavy atom. The molecule has 20 heavy (non-hydrogen) atoms. The van der Waals surface area contributed by atoms with Crippen LogP contribution >= 0.6 is 11.3 Å². The van der Waals surface area contributed by atoms with Gasteiger partial charge in [0, 0.05) is 20.3 Å². The van der Waals surface area contributed by atoms with E-state index in [4.69, 9.17) is 4.74 Å². The lowest BCUT2D eigenvalue weighted by molar-refractivity contribution is -0.141. The molecule has 0 spiro atoms. The number of nitrogens with zero attached hydrogens (tertiary/aromatic N) is 1. The van der Waals surface area contributed by atoms with Gasteiger partial charge in [-0.3, -0.25) is 0 Å². The van der Waals surface area contributed by atoms with Crippen molar-refractivity contribution in [2.45, 2.75) is 19.5 Å². The number of esters is 1. The summed E-state index contributed by atoms with van der Waals surface area (Å²) in [7, 11) is 1.53. The SMILES string of the molecule is CCOC(=O)c1sc(NCCCOC)nc1C(F)(F)F. The zero-order valence-corrected chi connectivity index (χ0v) is 11.9. The lowest BCUT2D eigenvalue weighted by Gasteiger charge is -2.05. The number of aromatic nitrogens is 1. The van der Waals surface area contributed by atoms with Crippen molar-refractivity contribution in [3.8, 4) is 0 Å². The van der Waals surface area contributed by atoms with E-state index >= 15 is 0 Å². The minimum atomic E-state index is -4.69. The van der Waals surface area contributed by atoms with Crippen LogP contribution in [-0.2, 0) is 15.7 Å². The van der Waals surface area contributed by atoms with E-state index in [1.165, 1.54) is 14.0 Å². The molecule has 0 aliphatic carbocycles. The standard InChI is InChI=1S/C11H15F3N2O3S/c1-3-19-9(17)7-8(11(12,13)14)16-10(20-7)15-5-4-6-18-2/h3-6H2,1-2H3,(H,15,16). The number of rotatable bonds is 7. The number of ether oxygens (including phenoxy) is 2. The molecule has 0 amide bonds. The van der Waals surface area contributed by atoms with Gasteiger partial charge < -0.3 is 14.8 Å². The summed E-state index contributed by atoms with van der Waals surface area (Å²) in [6.07, 6.45) is -4.07. The predicted octanol–water partition coefficient (Wildman–Crippen LogP) is 2.79. The first-order chi connectivity index (χ1) is 9.40. The lowest BCUT2D eigenvalue weighted by Crippen LogP contribution is -2.13. The normalized spacial score (nSPS) is 11.4. The number of hydrogen-bond acceptors (Lipinski definition) is 6. The molecule has 1 rings (SSSR count). The predicted molar refractivity (Wildman–Crippen MR) is 68.1 cm³/mol. The van der Waals surface area contributed by atoms with Crippen molar-refractivity contribution in [1.82, 2.24) is 4.98 Å². The van der Waals surface area contributed by atoms with Crippen LogP contribution in [0.15, 0.2) is 0 Å². The molecule has 0 aromatic carbocycles. The van der Waals surface area contributed by atoms with E-state index in [9.17, 15) is 18.0 Å². The van der Waals surface area contributed by atoms with Crippen molar-refractivity contribution in [1.29, 1.82) is 0 Å². The van der Waals surface area contributed by atoms with Crippen molar-refractivity contribution in [3.05, 3.63) is 10.6 Å². The Balaban J connectivity index is 2.86. The number of carbonyl (C=O) groups excluding carboxylic acids is 1. The fraction of sp³-hybridized carbons (Fsp3) is 0.636. The van der Waals surface area contributed by atoms with E-state index in [1.54, 1.807) is 0 Å². The number of hydrogen-bond donors (Lipinski definition) is 1. The Morgan fingerprint density at radius 1 is 1.45 bits per heavy atom. The van der Waals surface area contributed by atoms with Gasteiger partial charge in [0.1, 0.15) is 4.88 Å². The summed E-state index contributed by atoms with van der Waals surface area (Å²) in [6, 6.07) is 0. The summed E-state index contributed by atoms with van der Waals surface area (Å²) < 4.78 is 47.8. The van der Waals surface area contributed by atoms with Crippen LogP contribution in [0.2, 0.25) is 0 Å². The van der Waals surface area contributed by atoms with Gasteiger partial charge in [-0.25, -0.2) is 9.78 Å². The third kappa shape index (κ3) is 4.64. The third-order valence-electron chi connectivity index (χ3n) is 2.16. The highest BCUT2D eigenvalue weighted by Gasteiger charge is 2.40. The first-order valence-corrected chi connectivity index (χ1v) is 6.69. The fourth-order valence-electron chi connectivity index (χ4n) is 1.33. The molecule has 0 radical (unpaired) electrons. The highest BCUT2D eigenvalue weighted by Crippen LogP contribution is 2.36. The van der Waals surface area contributed by atoms with E-state index in [0.717, 1.165) is 0 Å². The highest BCUT2D eigenvalue weighted by atomic mass is 32.1. The molecule has 5 nitrogen and oxygen atoms in total. The third-order valence-corrected chi connectivity index (χ3v) is 3.15. The van der Waals surface area contributed by atoms with Crippen LogP contribution in [0, 0.1) is 0 Å². The van der Waals surface area contributed by atoms with Gasteiger partial charge in [0.15, 0.2) is 10.8 Å². The van der Waals surface area contributed by atoms with Gasteiger partial charge in [-0.15, -0.1) is 0 Å². The number of carbonyl (C=O) groups is 1. The molecule has 1 aromatic rings. The van der Waals surface area contributed by atoms with Gasteiger partial charge in [0.25, 0.3) is 0 Å². The van der Waals surface area contributed by atoms with Crippen LogP contribution < -0.4 is 5.32 Å². The first-order valence-electron chi connectivity index (χ1n) is 5.88. The molecule has 0 fully saturated rings. The highest BCUT2D eigenvalue weighted by molar-refractivity contribution is 7.17. The quantitative estimate of drug-likeness (QED) is 0.620. The molecular weight excluding hydrogens is 297 g/mol. The number of methoxy groups -OCH3 is 1. The van der Waals surface area contributed by atoms with E-state index in [1.807, 2.05) is 0 Å². The van der Waals surface area contributed by atoms with Gasteiger partial charge in [-0.1, -0.05) is 11.3 Å². The van der Waals surface area contributed by atoms with Gasteiger partial charge in [0.05, 0.1) is 6.61 Å².